The Kier molecular flexibility index (Phi) is 4.98. The van der Waals surface area contributed by atoms with E-state index in [2.05, 4.69) is 70.2 Å². The van der Waals surface area contributed by atoms with E-state index < -0.39 is 0 Å². The van der Waals surface area contributed by atoms with E-state index in [9.17, 15) is 0 Å². The van der Waals surface area contributed by atoms with Crippen LogP contribution >= 0.6 is 0 Å². The van der Waals surface area contributed by atoms with Crippen LogP contribution in [0.4, 0.5) is 5.69 Å². The summed E-state index contributed by atoms with van der Waals surface area (Å²) in [6.45, 7) is 10.3. The zero-order chi connectivity index (χ0) is 15.6. The summed E-state index contributed by atoms with van der Waals surface area (Å²) in [7, 11) is 4.37. The fraction of sp³-hybridized carbons (Fsp3) is 0.684. The van der Waals surface area contributed by atoms with Gasteiger partial charge in [0.15, 0.2) is 0 Å². The molecule has 1 saturated carbocycles. The van der Waals surface area contributed by atoms with Gasteiger partial charge in [0, 0.05) is 25.3 Å². The smallest absolute Gasteiger partial charge is 0.0369 e. The highest BCUT2D eigenvalue weighted by molar-refractivity contribution is 5.50. The van der Waals surface area contributed by atoms with Crippen LogP contribution in [0.1, 0.15) is 44.2 Å². The van der Waals surface area contributed by atoms with Gasteiger partial charge in [0.2, 0.25) is 0 Å². The minimum absolute atomic E-state index is 0.404. The molecule has 0 spiro atoms. The van der Waals surface area contributed by atoms with Crippen molar-refractivity contribution >= 4 is 5.69 Å². The Morgan fingerprint density at radius 2 is 1.81 bits per heavy atom. The summed E-state index contributed by atoms with van der Waals surface area (Å²) in [5.74, 6) is 0.726. The number of aryl methyl sites for hydroxylation is 2. The van der Waals surface area contributed by atoms with Crippen molar-refractivity contribution in [1.29, 1.82) is 0 Å². The predicted octanol–water partition coefficient (Wildman–Crippen LogP) is 4.15. The van der Waals surface area contributed by atoms with E-state index in [0.717, 1.165) is 12.5 Å². The van der Waals surface area contributed by atoms with Crippen molar-refractivity contribution in [3.63, 3.8) is 0 Å². The van der Waals surface area contributed by atoms with Crippen LogP contribution in [0.5, 0.6) is 0 Å². The number of hydrogen-bond donors (Lipinski definition) is 1. The monoisotopic (exact) mass is 288 g/mol. The molecular formula is C19H32N2. The lowest BCUT2D eigenvalue weighted by Crippen LogP contribution is -2.51. The molecule has 1 aromatic carbocycles. The summed E-state index contributed by atoms with van der Waals surface area (Å²) in [5.41, 5.74) is 4.46. The molecule has 1 aliphatic rings. The Bertz CT molecular complexity index is 458. The van der Waals surface area contributed by atoms with E-state index in [1.54, 1.807) is 0 Å². The van der Waals surface area contributed by atoms with Crippen molar-refractivity contribution in [1.82, 2.24) is 5.32 Å². The van der Waals surface area contributed by atoms with Gasteiger partial charge >= 0.3 is 0 Å². The summed E-state index contributed by atoms with van der Waals surface area (Å²) in [6, 6.07) is 7.46. The lowest BCUT2D eigenvalue weighted by molar-refractivity contribution is 0.118. The first-order chi connectivity index (χ1) is 9.83. The third kappa shape index (κ3) is 3.79. The van der Waals surface area contributed by atoms with E-state index in [4.69, 9.17) is 0 Å². The topological polar surface area (TPSA) is 15.3 Å². The third-order valence-electron chi connectivity index (χ3n) is 5.18. The van der Waals surface area contributed by atoms with Crippen molar-refractivity contribution in [2.75, 3.05) is 25.5 Å². The van der Waals surface area contributed by atoms with Gasteiger partial charge in [0.1, 0.15) is 0 Å². The van der Waals surface area contributed by atoms with Gasteiger partial charge < -0.3 is 10.2 Å². The largest absolute Gasteiger partial charge is 0.374 e. The molecule has 2 rings (SSSR count). The molecule has 118 valence electrons. The maximum absolute atomic E-state index is 3.60. The molecule has 2 atom stereocenters. The average molecular weight is 288 g/mol. The number of nitrogens with one attached hydrogen (secondary N) is 1. The van der Waals surface area contributed by atoms with Gasteiger partial charge in [-0.15, -0.1) is 0 Å². The molecule has 0 saturated heterocycles. The molecule has 1 fully saturated rings. The fourth-order valence-corrected chi connectivity index (χ4v) is 4.23. The van der Waals surface area contributed by atoms with Gasteiger partial charge in [-0.2, -0.15) is 0 Å². The first-order valence-electron chi connectivity index (χ1n) is 8.30. The minimum atomic E-state index is 0.404. The molecule has 0 bridgehead atoms. The van der Waals surface area contributed by atoms with Gasteiger partial charge in [0.25, 0.3) is 0 Å². The summed E-state index contributed by atoms with van der Waals surface area (Å²) < 4.78 is 0. The molecule has 2 heteroatoms. The van der Waals surface area contributed by atoms with Gasteiger partial charge in [-0.05, 0) is 68.3 Å². The van der Waals surface area contributed by atoms with Crippen LogP contribution in [0.2, 0.25) is 0 Å². The molecule has 0 radical (unpaired) electrons. The minimum Gasteiger partial charge on any atom is -0.374 e. The second-order valence-corrected chi connectivity index (χ2v) is 7.63. The fourth-order valence-electron chi connectivity index (χ4n) is 4.23. The Morgan fingerprint density at radius 1 is 1.19 bits per heavy atom. The van der Waals surface area contributed by atoms with Crippen LogP contribution in [-0.4, -0.2) is 26.7 Å². The second-order valence-electron chi connectivity index (χ2n) is 7.63. The van der Waals surface area contributed by atoms with Crippen molar-refractivity contribution in [2.24, 2.45) is 11.3 Å². The first-order valence-corrected chi connectivity index (χ1v) is 8.30. The maximum atomic E-state index is 3.60. The molecule has 0 aromatic heterocycles. The highest BCUT2D eigenvalue weighted by Gasteiger charge is 2.38. The number of rotatable bonds is 4. The molecule has 0 amide bonds. The molecule has 0 heterocycles. The molecule has 21 heavy (non-hydrogen) atoms. The van der Waals surface area contributed by atoms with Crippen LogP contribution < -0.4 is 10.2 Å². The highest BCUT2D eigenvalue weighted by Crippen LogP contribution is 2.39. The molecule has 1 aliphatic carbocycles. The van der Waals surface area contributed by atoms with Crippen molar-refractivity contribution in [2.45, 2.75) is 53.0 Å². The van der Waals surface area contributed by atoms with Crippen LogP contribution in [-0.2, 0) is 0 Å². The molecule has 2 nitrogen and oxygen atoms in total. The van der Waals surface area contributed by atoms with Crippen LogP contribution in [0, 0.1) is 25.2 Å². The van der Waals surface area contributed by atoms with Gasteiger partial charge in [0.05, 0.1) is 0 Å². The second kappa shape index (κ2) is 6.39. The number of hydrogen-bond acceptors (Lipinski definition) is 2. The lowest BCUT2D eigenvalue weighted by atomic mass is 9.68. The Morgan fingerprint density at radius 3 is 2.38 bits per heavy atom. The van der Waals surface area contributed by atoms with Crippen molar-refractivity contribution in [3.05, 3.63) is 29.3 Å². The SMILES string of the molecule is CNC1C(CN(C)c2cc(C)cc(C)c2)CCCC1(C)C. The quantitative estimate of drug-likeness (QED) is 0.895. The van der Waals surface area contributed by atoms with Crippen LogP contribution in [0.3, 0.4) is 0 Å². The summed E-state index contributed by atoms with van der Waals surface area (Å²) in [4.78, 5) is 2.44. The summed E-state index contributed by atoms with van der Waals surface area (Å²) >= 11 is 0. The van der Waals surface area contributed by atoms with Crippen LogP contribution in [0.15, 0.2) is 18.2 Å². The summed E-state index contributed by atoms with van der Waals surface area (Å²) in [5, 5.41) is 3.60. The zero-order valence-electron chi connectivity index (χ0n) is 14.7. The lowest BCUT2D eigenvalue weighted by Gasteiger charge is -2.45. The van der Waals surface area contributed by atoms with Crippen LogP contribution in [0.25, 0.3) is 0 Å². The molecule has 0 aliphatic heterocycles. The number of anilines is 1. The van der Waals surface area contributed by atoms with Gasteiger partial charge in [-0.3, -0.25) is 0 Å². The normalized spacial score (nSPS) is 24.9. The van der Waals surface area contributed by atoms with E-state index >= 15 is 0 Å². The standard InChI is InChI=1S/C19H32N2/c1-14-10-15(2)12-17(11-14)21(6)13-16-8-7-9-19(3,4)18(16)20-5/h10-12,16,18,20H,7-9,13H2,1-6H3. The van der Waals surface area contributed by atoms with E-state index in [0.29, 0.717) is 11.5 Å². The zero-order valence-corrected chi connectivity index (χ0v) is 14.7. The van der Waals surface area contributed by atoms with Crippen molar-refractivity contribution in [3.8, 4) is 0 Å². The molecule has 2 unspecified atom stereocenters. The Labute approximate surface area is 130 Å². The highest BCUT2D eigenvalue weighted by atomic mass is 15.1. The Hall–Kier alpha value is -1.02. The maximum Gasteiger partial charge on any atom is 0.0369 e. The molecule has 1 N–H and O–H groups in total. The third-order valence-corrected chi connectivity index (χ3v) is 5.18. The molecular weight excluding hydrogens is 256 g/mol. The first kappa shape index (κ1) is 16.4. The predicted molar refractivity (Wildman–Crippen MR) is 93.2 cm³/mol. The Balaban J connectivity index is 2.12. The van der Waals surface area contributed by atoms with E-state index in [-0.39, 0.29) is 0 Å². The van der Waals surface area contributed by atoms with E-state index in [1.807, 2.05) is 0 Å². The number of benzene rings is 1. The van der Waals surface area contributed by atoms with Crippen molar-refractivity contribution < 1.29 is 0 Å². The number of nitrogens with zero attached hydrogens (tertiary/aromatic N) is 1. The summed E-state index contributed by atoms with van der Waals surface area (Å²) in [6.07, 6.45) is 4.03. The van der Waals surface area contributed by atoms with E-state index in [1.165, 1.54) is 36.1 Å². The molecule has 1 aromatic rings. The average Bonchev–Trinajstić information content (AvgIpc) is 2.36. The van der Waals surface area contributed by atoms with Gasteiger partial charge in [-0.1, -0.05) is 26.3 Å². The van der Waals surface area contributed by atoms with Gasteiger partial charge in [-0.25, -0.2) is 0 Å².